The van der Waals surface area contributed by atoms with Gasteiger partial charge in [-0.1, -0.05) is 61.0 Å². The Hall–Kier alpha value is -2.46. The molecule has 7 rings (SSSR count). The number of aliphatic hydroxyl groups excluding tert-OH is 2. The van der Waals surface area contributed by atoms with Crippen LogP contribution < -0.4 is 5.32 Å². The summed E-state index contributed by atoms with van der Waals surface area (Å²) in [5, 5.41) is 25.8. The number of halogens is 1. The molecule has 3 N–H and O–H groups in total. The van der Waals surface area contributed by atoms with Gasteiger partial charge in [0.05, 0.1) is 22.9 Å². The molecule has 7 nitrogen and oxygen atoms in total. The Bertz CT molecular complexity index is 1580. The number of rotatable bonds is 6. The Morgan fingerprint density at radius 2 is 1.91 bits per heavy atom. The molecule has 44 heavy (non-hydrogen) atoms. The molecule has 1 aliphatic heterocycles. The highest BCUT2D eigenvalue weighted by molar-refractivity contribution is 7.99. The molecule has 0 unspecified atom stereocenters. The van der Waals surface area contributed by atoms with E-state index < -0.39 is 41.5 Å². The molecule has 9 atom stereocenters. The predicted octanol–water partition coefficient (Wildman–Crippen LogP) is 6.14. The van der Waals surface area contributed by atoms with E-state index in [0.29, 0.717) is 17.9 Å². The largest absolute Gasteiger partial charge is 0.393 e. The summed E-state index contributed by atoms with van der Waals surface area (Å²) in [5.74, 6) is -0.280. The van der Waals surface area contributed by atoms with Gasteiger partial charge in [0.1, 0.15) is 6.61 Å². The quantitative estimate of drug-likeness (QED) is 0.348. The molecule has 2 aromatic carbocycles. The molecule has 0 amide bonds. The number of hydrogen-bond donors (Lipinski definition) is 3. The second-order valence-electron chi connectivity index (χ2n) is 13.4. The molecule has 9 heteroatoms. The summed E-state index contributed by atoms with van der Waals surface area (Å²) in [4.78, 5) is 28.0. The van der Waals surface area contributed by atoms with Gasteiger partial charge in [0.25, 0.3) is 0 Å². The van der Waals surface area contributed by atoms with Gasteiger partial charge in [0.2, 0.25) is 0 Å². The van der Waals surface area contributed by atoms with Gasteiger partial charge in [-0.3, -0.25) is 9.59 Å². The highest BCUT2D eigenvalue weighted by Gasteiger charge is 2.75. The maximum Gasteiger partial charge on any atom is 0.193 e. The van der Waals surface area contributed by atoms with E-state index in [1.165, 1.54) is 0 Å². The van der Waals surface area contributed by atoms with Crippen molar-refractivity contribution in [3.63, 3.8) is 0 Å². The molecule has 1 saturated heterocycles. The van der Waals surface area contributed by atoms with Crippen molar-refractivity contribution in [1.29, 1.82) is 0 Å². The number of fused-ring (bicyclic) bond motifs is 7. The van der Waals surface area contributed by atoms with Crippen LogP contribution in [-0.4, -0.2) is 53.2 Å². The Labute approximate surface area is 267 Å². The molecule has 0 bridgehead atoms. The second kappa shape index (κ2) is 10.8. The van der Waals surface area contributed by atoms with Crippen molar-refractivity contribution in [2.24, 2.45) is 28.6 Å². The number of benzene rings is 2. The van der Waals surface area contributed by atoms with Gasteiger partial charge in [0.15, 0.2) is 23.5 Å². The van der Waals surface area contributed by atoms with Crippen LogP contribution in [0.4, 0.5) is 5.69 Å². The summed E-state index contributed by atoms with van der Waals surface area (Å²) in [5.41, 5.74) is 0.246. The van der Waals surface area contributed by atoms with Crippen molar-refractivity contribution in [3.8, 4) is 0 Å². The zero-order valence-electron chi connectivity index (χ0n) is 25.1. The fraction of sp³-hybridized carbons (Fsp3) is 0.486. The standard InChI is InChI=1S/C35H38ClNO6S/c1-33-13-12-21(39)14-20(33)6-10-24-25-16-30-35(29(41)18-38,34(25,2)17-28(40)31(24)33)43-32(42-30)19-4-7-22(8-5-19)44-23-9-11-26(36)27(15-23)37-3/h4-5,7-9,11-15,24-25,28,30-32,37-38,40H,6,10,16-18H2,1-3H3/t24-,25-,28-,30+,31+,32+,33-,34-,35+/m0/s1. The minimum atomic E-state index is -1.36. The average molecular weight is 636 g/mol. The van der Waals surface area contributed by atoms with E-state index in [0.717, 1.165) is 39.5 Å². The third-order valence-electron chi connectivity index (χ3n) is 11.4. The van der Waals surface area contributed by atoms with Crippen LogP contribution in [0.1, 0.15) is 51.4 Å². The minimum Gasteiger partial charge on any atom is -0.393 e. The molecular formula is C35H38ClNO6S. The smallest absolute Gasteiger partial charge is 0.193 e. The van der Waals surface area contributed by atoms with Crippen LogP contribution in [0.15, 0.2) is 76.1 Å². The van der Waals surface area contributed by atoms with Crippen molar-refractivity contribution < 1.29 is 29.3 Å². The molecule has 4 aliphatic carbocycles. The fourth-order valence-corrected chi connectivity index (χ4v) is 10.5. The van der Waals surface area contributed by atoms with Crippen molar-refractivity contribution >= 4 is 40.6 Å². The molecule has 232 valence electrons. The topological polar surface area (TPSA) is 105 Å². The number of hydrogen-bond acceptors (Lipinski definition) is 8. The lowest BCUT2D eigenvalue weighted by Crippen LogP contribution is -2.63. The van der Waals surface area contributed by atoms with Gasteiger partial charge in [-0.2, -0.15) is 0 Å². The first-order chi connectivity index (χ1) is 21.0. The molecule has 0 radical (unpaired) electrons. The lowest BCUT2D eigenvalue weighted by Gasteiger charge is -2.59. The Morgan fingerprint density at radius 3 is 2.64 bits per heavy atom. The lowest BCUT2D eigenvalue weighted by atomic mass is 9.46. The van der Waals surface area contributed by atoms with Gasteiger partial charge in [-0.15, -0.1) is 0 Å². The first-order valence-corrected chi connectivity index (χ1v) is 16.6. The molecule has 4 fully saturated rings. The van der Waals surface area contributed by atoms with E-state index in [-0.39, 0.29) is 29.3 Å². The van der Waals surface area contributed by atoms with Crippen LogP contribution in [-0.2, 0) is 19.1 Å². The van der Waals surface area contributed by atoms with Crippen molar-refractivity contribution in [3.05, 3.63) is 76.9 Å². The first-order valence-electron chi connectivity index (χ1n) is 15.4. The molecular weight excluding hydrogens is 598 g/mol. The number of Topliss-reactive ketones (excluding diaryl/α,β-unsaturated/α-hetero) is 1. The minimum absolute atomic E-state index is 0.00124. The zero-order chi connectivity index (χ0) is 31.0. The summed E-state index contributed by atoms with van der Waals surface area (Å²) in [6.45, 7) is 3.53. The number of anilines is 1. The Balaban J connectivity index is 1.16. The van der Waals surface area contributed by atoms with Crippen molar-refractivity contribution in [1.82, 2.24) is 0 Å². The van der Waals surface area contributed by atoms with E-state index in [1.54, 1.807) is 23.9 Å². The summed E-state index contributed by atoms with van der Waals surface area (Å²) >= 11 is 7.85. The number of allylic oxidation sites excluding steroid dienone is 4. The third-order valence-corrected chi connectivity index (χ3v) is 12.7. The monoisotopic (exact) mass is 635 g/mol. The number of aliphatic hydroxyl groups is 2. The number of ether oxygens (including phenoxy) is 2. The van der Waals surface area contributed by atoms with Gasteiger partial charge < -0.3 is 25.0 Å². The van der Waals surface area contributed by atoms with E-state index >= 15 is 0 Å². The second-order valence-corrected chi connectivity index (χ2v) is 15.0. The van der Waals surface area contributed by atoms with Crippen molar-refractivity contribution in [2.45, 2.75) is 73.4 Å². The van der Waals surface area contributed by atoms with Crippen LogP contribution in [0.3, 0.4) is 0 Å². The van der Waals surface area contributed by atoms with Crippen LogP contribution in [0, 0.1) is 28.6 Å². The summed E-state index contributed by atoms with van der Waals surface area (Å²) < 4.78 is 13.3. The maximum atomic E-state index is 13.8. The predicted molar refractivity (Wildman–Crippen MR) is 168 cm³/mol. The number of ketones is 2. The molecule has 5 aliphatic rings. The summed E-state index contributed by atoms with van der Waals surface area (Å²) in [6.07, 6.45) is 5.92. The Kier molecular flexibility index (Phi) is 7.43. The van der Waals surface area contributed by atoms with E-state index in [4.69, 9.17) is 21.1 Å². The lowest BCUT2D eigenvalue weighted by molar-refractivity contribution is -0.201. The molecule has 1 heterocycles. The van der Waals surface area contributed by atoms with Gasteiger partial charge in [-0.05, 0) is 80.0 Å². The molecule has 0 aromatic heterocycles. The average Bonchev–Trinajstić information content (AvgIpc) is 3.51. The molecule has 2 aromatic rings. The van der Waals surface area contributed by atoms with Gasteiger partial charge in [-0.25, -0.2) is 0 Å². The first kappa shape index (κ1) is 30.2. The number of carbonyl (C=O) groups excluding carboxylic acids is 2. The fourth-order valence-electron chi connectivity index (χ4n) is 9.42. The van der Waals surface area contributed by atoms with Gasteiger partial charge in [0, 0.05) is 39.1 Å². The highest BCUT2D eigenvalue weighted by atomic mass is 35.5. The van der Waals surface area contributed by atoms with Crippen LogP contribution >= 0.6 is 23.4 Å². The summed E-state index contributed by atoms with van der Waals surface area (Å²) in [6, 6.07) is 13.8. The maximum absolute atomic E-state index is 13.8. The number of carbonyl (C=O) groups is 2. The Morgan fingerprint density at radius 1 is 1.16 bits per heavy atom. The third kappa shape index (κ3) is 4.32. The number of nitrogens with one attached hydrogen (secondary N) is 1. The zero-order valence-corrected chi connectivity index (χ0v) is 26.7. The van der Waals surface area contributed by atoms with Gasteiger partial charge >= 0.3 is 0 Å². The van der Waals surface area contributed by atoms with E-state index in [9.17, 15) is 19.8 Å². The molecule has 0 spiro atoms. The molecule has 3 saturated carbocycles. The van der Waals surface area contributed by atoms with E-state index in [2.05, 4.69) is 19.2 Å². The summed E-state index contributed by atoms with van der Waals surface area (Å²) in [7, 11) is 1.84. The van der Waals surface area contributed by atoms with Crippen LogP contribution in [0.25, 0.3) is 0 Å². The van der Waals surface area contributed by atoms with Crippen LogP contribution in [0.2, 0.25) is 5.02 Å². The van der Waals surface area contributed by atoms with E-state index in [1.807, 2.05) is 55.6 Å². The van der Waals surface area contributed by atoms with Crippen molar-refractivity contribution in [2.75, 3.05) is 19.0 Å². The van der Waals surface area contributed by atoms with Crippen LogP contribution in [0.5, 0.6) is 0 Å². The highest BCUT2D eigenvalue weighted by Crippen LogP contribution is 2.70. The normalized spacial score (nSPS) is 38.8. The SMILES string of the molecule is CNc1cc(Sc2ccc([C@@H]3O[C@@H]4C[C@H]5[C@@H]6CCC7=CC(=O)C=C[C@]7(C)[C@H]6[C@@H](O)C[C@]5(C)[C@]4(C(=O)CO)O3)cc2)ccc1Cl.